The van der Waals surface area contributed by atoms with Gasteiger partial charge in [-0.1, -0.05) is 13.8 Å². The van der Waals surface area contributed by atoms with Gasteiger partial charge in [-0.25, -0.2) is 0 Å². The fraction of sp³-hybridized carbons (Fsp3) is 0.500. The monoisotopic (exact) mass is 210 g/mol. The molecule has 1 fully saturated rings. The Morgan fingerprint density at radius 1 is 1.57 bits per heavy atom. The summed E-state index contributed by atoms with van der Waals surface area (Å²) in [6.45, 7) is 6.03. The molecule has 14 heavy (non-hydrogen) atoms. The number of hydrogen-bond acceptors (Lipinski definition) is 3. The van der Waals surface area contributed by atoms with Crippen molar-refractivity contribution in [2.24, 2.45) is 5.41 Å². The van der Waals surface area contributed by atoms with Crippen molar-refractivity contribution < 1.29 is 4.79 Å². The Hall–Kier alpha value is -1.03. The van der Waals surface area contributed by atoms with Crippen LogP contribution in [0.1, 0.15) is 23.5 Å². The summed E-state index contributed by atoms with van der Waals surface area (Å²) in [5.41, 5.74) is 6.54. The predicted molar refractivity (Wildman–Crippen MR) is 58.4 cm³/mol. The van der Waals surface area contributed by atoms with Gasteiger partial charge in [0.05, 0.1) is 4.88 Å². The van der Waals surface area contributed by atoms with E-state index in [1.165, 1.54) is 11.3 Å². The summed E-state index contributed by atoms with van der Waals surface area (Å²) in [5, 5.41) is 1.80. The van der Waals surface area contributed by atoms with E-state index in [2.05, 4.69) is 13.8 Å². The van der Waals surface area contributed by atoms with Crippen LogP contribution in [0.3, 0.4) is 0 Å². The normalized spacial score (nSPS) is 19.1. The summed E-state index contributed by atoms with van der Waals surface area (Å²) >= 11 is 1.42. The molecule has 4 heteroatoms. The molecule has 0 unspecified atom stereocenters. The molecule has 0 aliphatic carbocycles. The van der Waals surface area contributed by atoms with Gasteiger partial charge in [0.1, 0.15) is 0 Å². The first-order valence-electron chi connectivity index (χ1n) is 4.61. The number of likely N-dealkylation sites (tertiary alicyclic amines) is 1. The molecule has 2 heterocycles. The maximum atomic E-state index is 11.8. The Morgan fingerprint density at radius 3 is 2.64 bits per heavy atom. The Bertz CT molecular complexity index is 362. The zero-order valence-corrected chi connectivity index (χ0v) is 9.23. The first-order chi connectivity index (χ1) is 6.48. The van der Waals surface area contributed by atoms with Crippen LogP contribution in [-0.4, -0.2) is 23.9 Å². The number of carbonyl (C=O) groups excluding carboxylic acids is 1. The van der Waals surface area contributed by atoms with Gasteiger partial charge in [0.25, 0.3) is 5.91 Å². The number of nitrogens with zero attached hydrogens (tertiary/aromatic N) is 1. The highest BCUT2D eigenvalue weighted by molar-refractivity contribution is 7.12. The van der Waals surface area contributed by atoms with Crippen LogP contribution in [0.2, 0.25) is 0 Å². The molecule has 1 aliphatic heterocycles. The standard InChI is InChI=1S/C10H14N2OS/c1-10(2)5-12(6-10)9(13)8-3-7(11)4-14-8/h3-4H,5-6,11H2,1-2H3. The van der Waals surface area contributed by atoms with Crippen molar-refractivity contribution in [2.45, 2.75) is 13.8 Å². The van der Waals surface area contributed by atoms with Gasteiger partial charge >= 0.3 is 0 Å². The molecule has 0 spiro atoms. The first kappa shape index (κ1) is 9.52. The van der Waals surface area contributed by atoms with Crippen LogP contribution >= 0.6 is 11.3 Å². The topological polar surface area (TPSA) is 46.3 Å². The lowest BCUT2D eigenvalue weighted by atomic mass is 9.84. The molecule has 2 rings (SSSR count). The Labute approximate surface area is 87.5 Å². The fourth-order valence-corrected chi connectivity index (χ4v) is 2.51. The average molecular weight is 210 g/mol. The maximum absolute atomic E-state index is 11.8. The lowest BCUT2D eigenvalue weighted by Gasteiger charge is -2.45. The number of anilines is 1. The Balaban J connectivity index is 2.04. The van der Waals surface area contributed by atoms with Crippen molar-refractivity contribution >= 4 is 22.9 Å². The molecule has 0 atom stereocenters. The first-order valence-corrected chi connectivity index (χ1v) is 5.49. The van der Waals surface area contributed by atoms with Crippen molar-refractivity contribution in [1.82, 2.24) is 4.90 Å². The quantitative estimate of drug-likeness (QED) is 0.768. The highest BCUT2D eigenvalue weighted by Gasteiger charge is 2.37. The molecule has 1 saturated heterocycles. The van der Waals surface area contributed by atoms with Gasteiger partial charge in [0.2, 0.25) is 0 Å². The molecule has 2 N–H and O–H groups in total. The second-order valence-corrected chi connectivity index (χ2v) is 5.48. The second kappa shape index (κ2) is 2.98. The summed E-state index contributed by atoms with van der Waals surface area (Å²) < 4.78 is 0. The molecule has 1 aromatic rings. The molecule has 0 radical (unpaired) electrons. The van der Waals surface area contributed by atoms with E-state index in [0.717, 1.165) is 18.0 Å². The molecule has 1 amide bonds. The van der Waals surface area contributed by atoms with Crippen LogP contribution < -0.4 is 5.73 Å². The minimum Gasteiger partial charge on any atom is -0.398 e. The summed E-state index contributed by atoms with van der Waals surface area (Å²) in [5.74, 6) is 0.117. The lowest BCUT2D eigenvalue weighted by molar-refractivity contribution is 0.0241. The van der Waals surface area contributed by atoms with E-state index < -0.39 is 0 Å². The Morgan fingerprint density at radius 2 is 2.21 bits per heavy atom. The van der Waals surface area contributed by atoms with E-state index >= 15 is 0 Å². The van der Waals surface area contributed by atoms with Gasteiger partial charge < -0.3 is 10.6 Å². The van der Waals surface area contributed by atoms with Crippen LogP contribution in [0.15, 0.2) is 11.4 Å². The number of hydrogen-bond donors (Lipinski definition) is 1. The summed E-state index contributed by atoms with van der Waals surface area (Å²) in [4.78, 5) is 14.4. The number of rotatable bonds is 1. The fourth-order valence-electron chi connectivity index (χ4n) is 1.75. The number of nitrogens with two attached hydrogens (primary N) is 1. The van der Waals surface area contributed by atoms with Crippen LogP contribution in [-0.2, 0) is 0 Å². The highest BCUT2D eigenvalue weighted by atomic mass is 32.1. The van der Waals surface area contributed by atoms with Crippen LogP contribution in [0.25, 0.3) is 0 Å². The largest absolute Gasteiger partial charge is 0.398 e. The van der Waals surface area contributed by atoms with Crippen molar-refractivity contribution in [3.8, 4) is 0 Å². The molecular weight excluding hydrogens is 196 g/mol. The molecule has 1 aromatic heterocycles. The van der Waals surface area contributed by atoms with Crippen LogP contribution in [0, 0.1) is 5.41 Å². The maximum Gasteiger partial charge on any atom is 0.264 e. The van der Waals surface area contributed by atoms with E-state index in [1.807, 2.05) is 4.90 Å². The summed E-state index contributed by atoms with van der Waals surface area (Å²) in [7, 11) is 0. The summed E-state index contributed by atoms with van der Waals surface area (Å²) in [6, 6.07) is 1.75. The third kappa shape index (κ3) is 1.62. The van der Waals surface area contributed by atoms with Gasteiger partial charge in [-0.3, -0.25) is 4.79 Å². The van der Waals surface area contributed by atoms with Crippen molar-refractivity contribution in [2.75, 3.05) is 18.8 Å². The van der Waals surface area contributed by atoms with Gasteiger partial charge in [-0.15, -0.1) is 11.3 Å². The molecule has 0 aromatic carbocycles. The van der Waals surface area contributed by atoms with E-state index in [4.69, 9.17) is 5.73 Å². The molecule has 0 bridgehead atoms. The van der Waals surface area contributed by atoms with E-state index in [9.17, 15) is 4.79 Å². The molecule has 0 saturated carbocycles. The smallest absolute Gasteiger partial charge is 0.264 e. The van der Waals surface area contributed by atoms with E-state index in [-0.39, 0.29) is 5.91 Å². The molecule has 3 nitrogen and oxygen atoms in total. The number of amides is 1. The van der Waals surface area contributed by atoms with Gasteiger partial charge in [0.15, 0.2) is 0 Å². The molecule has 76 valence electrons. The third-order valence-electron chi connectivity index (χ3n) is 2.36. The van der Waals surface area contributed by atoms with Crippen LogP contribution in [0.5, 0.6) is 0 Å². The lowest BCUT2D eigenvalue weighted by Crippen LogP contribution is -2.55. The Kier molecular flexibility index (Phi) is 2.03. The van der Waals surface area contributed by atoms with Gasteiger partial charge in [-0.05, 0) is 11.5 Å². The SMILES string of the molecule is CC1(C)CN(C(=O)c2cc(N)cs2)C1. The number of carbonyl (C=O) groups is 1. The second-order valence-electron chi connectivity index (χ2n) is 4.57. The molecule has 1 aliphatic rings. The van der Waals surface area contributed by atoms with Gasteiger partial charge in [0, 0.05) is 24.2 Å². The zero-order valence-electron chi connectivity index (χ0n) is 8.41. The van der Waals surface area contributed by atoms with Crippen molar-refractivity contribution in [1.29, 1.82) is 0 Å². The van der Waals surface area contributed by atoms with Crippen molar-refractivity contribution in [3.63, 3.8) is 0 Å². The predicted octanol–water partition coefficient (Wildman–Crippen LogP) is 1.81. The minimum absolute atomic E-state index is 0.117. The highest BCUT2D eigenvalue weighted by Crippen LogP contribution is 2.31. The molecular formula is C10H14N2OS. The van der Waals surface area contributed by atoms with E-state index in [0.29, 0.717) is 11.1 Å². The summed E-state index contributed by atoms with van der Waals surface area (Å²) in [6.07, 6.45) is 0. The number of nitrogen functional groups attached to an aromatic ring is 1. The average Bonchev–Trinajstić information content (AvgIpc) is 2.46. The van der Waals surface area contributed by atoms with E-state index in [1.54, 1.807) is 11.4 Å². The van der Waals surface area contributed by atoms with Gasteiger partial charge in [-0.2, -0.15) is 0 Å². The van der Waals surface area contributed by atoms with Crippen LogP contribution in [0.4, 0.5) is 5.69 Å². The minimum atomic E-state index is 0.117. The number of thiophene rings is 1. The third-order valence-corrected chi connectivity index (χ3v) is 3.29. The zero-order chi connectivity index (χ0) is 10.3. The van der Waals surface area contributed by atoms with Crippen molar-refractivity contribution in [3.05, 3.63) is 16.3 Å².